The fraction of sp³-hybridized carbons (Fsp3) is 0.273. The predicted molar refractivity (Wildman–Crippen MR) is 120 cm³/mol. The molecule has 0 aliphatic rings. The lowest BCUT2D eigenvalue weighted by Gasteiger charge is -2.12. The molecule has 0 atom stereocenters. The fourth-order valence-electron chi connectivity index (χ4n) is 3.16. The summed E-state index contributed by atoms with van der Waals surface area (Å²) in [6.45, 7) is 2.79. The van der Waals surface area contributed by atoms with Crippen molar-refractivity contribution in [2.24, 2.45) is 0 Å². The van der Waals surface area contributed by atoms with Crippen LogP contribution in [0.2, 0.25) is 5.02 Å². The third-order valence-electron chi connectivity index (χ3n) is 4.69. The maximum atomic E-state index is 13.0. The summed E-state index contributed by atoms with van der Waals surface area (Å²) in [5.74, 6) is 1.38. The second-order valence-electron chi connectivity index (χ2n) is 6.89. The van der Waals surface area contributed by atoms with Crippen molar-refractivity contribution in [2.75, 3.05) is 0 Å². The van der Waals surface area contributed by atoms with Crippen LogP contribution in [0.5, 0.6) is 0 Å². The maximum Gasteiger partial charge on any atom is 0.262 e. The van der Waals surface area contributed by atoms with Gasteiger partial charge in [-0.2, -0.15) is 4.98 Å². The van der Waals surface area contributed by atoms with Gasteiger partial charge in [0.15, 0.2) is 5.16 Å². The Morgan fingerprint density at radius 1 is 1.10 bits per heavy atom. The highest BCUT2D eigenvalue weighted by Gasteiger charge is 2.14. The summed E-state index contributed by atoms with van der Waals surface area (Å²) in [5, 5.41) is 5.96. The molecular weight excluding hydrogens is 420 g/mol. The van der Waals surface area contributed by atoms with Crippen molar-refractivity contribution < 1.29 is 4.52 Å². The third kappa shape index (κ3) is 4.57. The van der Waals surface area contributed by atoms with Gasteiger partial charge in [-0.05, 0) is 30.7 Å². The van der Waals surface area contributed by atoms with Crippen LogP contribution >= 0.6 is 23.4 Å². The summed E-state index contributed by atoms with van der Waals surface area (Å²) in [6.07, 6.45) is 3.09. The van der Waals surface area contributed by atoms with Gasteiger partial charge in [0.05, 0.1) is 16.7 Å². The molecule has 0 amide bonds. The van der Waals surface area contributed by atoms with Crippen LogP contribution in [-0.2, 0) is 12.3 Å². The monoisotopic (exact) mass is 440 g/mol. The minimum Gasteiger partial charge on any atom is -0.338 e. The number of fused-ring (bicyclic) bond motifs is 1. The number of hydrogen-bond donors (Lipinski definition) is 0. The molecule has 0 aliphatic carbocycles. The minimum atomic E-state index is -0.00986. The number of nitrogens with zero attached hydrogens (tertiary/aromatic N) is 4. The number of benzene rings is 2. The van der Waals surface area contributed by atoms with Crippen LogP contribution in [0.3, 0.4) is 0 Å². The largest absolute Gasteiger partial charge is 0.338 e. The molecule has 4 rings (SSSR count). The van der Waals surface area contributed by atoms with Gasteiger partial charge in [-0.15, -0.1) is 0 Å². The van der Waals surface area contributed by atoms with Crippen LogP contribution in [0.4, 0.5) is 0 Å². The Kier molecular flexibility index (Phi) is 6.50. The first-order valence-electron chi connectivity index (χ1n) is 9.86. The summed E-state index contributed by atoms with van der Waals surface area (Å²) >= 11 is 7.47. The van der Waals surface area contributed by atoms with E-state index in [9.17, 15) is 4.79 Å². The zero-order valence-corrected chi connectivity index (χ0v) is 18.1. The van der Waals surface area contributed by atoms with Gasteiger partial charge in [0.2, 0.25) is 11.7 Å². The van der Waals surface area contributed by atoms with E-state index in [1.807, 2.05) is 36.4 Å². The highest BCUT2D eigenvalue weighted by atomic mass is 35.5. The average molecular weight is 441 g/mol. The predicted octanol–water partition coefficient (Wildman–Crippen LogP) is 5.58. The molecule has 6 nitrogen and oxygen atoms in total. The van der Waals surface area contributed by atoms with Crippen molar-refractivity contribution >= 4 is 34.3 Å². The first kappa shape index (κ1) is 20.6. The van der Waals surface area contributed by atoms with Crippen molar-refractivity contribution in [3.05, 3.63) is 69.8 Å². The molecule has 0 bridgehead atoms. The molecule has 0 saturated carbocycles. The standard InChI is InChI=1S/C22H21ClN4O2S/c1-2-3-6-12-27-21(28)17-10-4-5-11-18(17)24-22(27)30-14-19-25-20(26-29-19)15-8-7-9-16(23)13-15/h4-5,7-11,13H,2-3,6,12,14H2,1H3. The second kappa shape index (κ2) is 9.45. The summed E-state index contributed by atoms with van der Waals surface area (Å²) in [7, 11) is 0. The number of unbranched alkanes of at least 4 members (excludes halogenated alkanes) is 2. The highest BCUT2D eigenvalue weighted by molar-refractivity contribution is 7.98. The van der Waals surface area contributed by atoms with Gasteiger partial charge in [-0.1, -0.05) is 72.6 Å². The maximum absolute atomic E-state index is 13.0. The lowest BCUT2D eigenvalue weighted by molar-refractivity contribution is 0.391. The zero-order valence-electron chi connectivity index (χ0n) is 16.5. The number of aromatic nitrogens is 4. The van der Waals surface area contributed by atoms with Crippen LogP contribution in [0.25, 0.3) is 22.3 Å². The number of halogens is 1. The lowest BCUT2D eigenvalue weighted by Crippen LogP contribution is -2.23. The Labute approximate surface area is 183 Å². The Hall–Kier alpha value is -2.64. The van der Waals surface area contributed by atoms with E-state index in [2.05, 4.69) is 17.1 Å². The fourth-order valence-corrected chi connectivity index (χ4v) is 4.21. The van der Waals surface area contributed by atoms with Crippen molar-refractivity contribution in [1.82, 2.24) is 19.7 Å². The Morgan fingerprint density at radius 2 is 1.97 bits per heavy atom. The molecular formula is C22H21ClN4O2S. The quantitative estimate of drug-likeness (QED) is 0.202. The molecule has 0 aliphatic heterocycles. The number of rotatable bonds is 8. The van der Waals surface area contributed by atoms with Crippen molar-refractivity contribution in [3.8, 4) is 11.4 Å². The van der Waals surface area contributed by atoms with Gasteiger partial charge in [0.1, 0.15) is 0 Å². The molecule has 0 N–H and O–H groups in total. The molecule has 154 valence electrons. The lowest BCUT2D eigenvalue weighted by atomic mass is 10.2. The first-order chi connectivity index (χ1) is 14.7. The van der Waals surface area contributed by atoms with Crippen LogP contribution in [0.15, 0.2) is 63.0 Å². The normalized spacial score (nSPS) is 11.3. The third-order valence-corrected chi connectivity index (χ3v) is 5.88. The van der Waals surface area contributed by atoms with Crippen molar-refractivity contribution in [3.63, 3.8) is 0 Å². The molecule has 8 heteroatoms. The Bertz CT molecular complexity index is 1220. The molecule has 0 spiro atoms. The van der Waals surface area contributed by atoms with E-state index in [1.165, 1.54) is 11.8 Å². The molecule has 2 aromatic heterocycles. The van der Waals surface area contributed by atoms with E-state index in [-0.39, 0.29) is 5.56 Å². The Morgan fingerprint density at radius 3 is 2.80 bits per heavy atom. The van der Waals surface area contributed by atoms with Crippen LogP contribution < -0.4 is 5.56 Å². The first-order valence-corrected chi connectivity index (χ1v) is 11.2. The summed E-state index contributed by atoms with van der Waals surface area (Å²) in [4.78, 5) is 22.2. The molecule has 2 heterocycles. The van der Waals surface area contributed by atoms with Gasteiger partial charge in [-0.25, -0.2) is 4.98 Å². The number of hydrogen-bond acceptors (Lipinski definition) is 6. The number of para-hydroxylation sites is 1. The summed E-state index contributed by atoms with van der Waals surface area (Å²) < 4.78 is 7.16. The highest BCUT2D eigenvalue weighted by Crippen LogP contribution is 2.24. The van der Waals surface area contributed by atoms with Gasteiger partial charge < -0.3 is 4.52 Å². The smallest absolute Gasteiger partial charge is 0.262 e. The van der Waals surface area contributed by atoms with E-state index < -0.39 is 0 Å². The van der Waals surface area contributed by atoms with Crippen LogP contribution in [0.1, 0.15) is 32.1 Å². The van der Waals surface area contributed by atoms with E-state index in [4.69, 9.17) is 21.1 Å². The topological polar surface area (TPSA) is 73.8 Å². The van der Waals surface area contributed by atoms with Crippen LogP contribution in [0, 0.1) is 0 Å². The second-order valence-corrected chi connectivity index (χ2v) is 8.27. The summed E-state index contributed by atoms with van der Waals surface area (Å²) in [6, 6.07) is 14.8. The SMILES string of the molecule is CCCCCn1c(SCc2nc(-c3cccc(Cl)c3)no2)nc2ccccc2c1=O. The van der Waals surface area contributed by atoms with Crippen LogP contribution in [-0.4, -0.2) is 19.7 Å². The van der Waals surface area contributed by atoms with E-state index >= 15 is 0 Å². The molecule has 0 radical (unpaired) electrons. The van der Waals surface area contributed by atoms with Gasteiger partial charge in [0.25, 0.3) is 5.56 Å². The summed E-state index contributed by atoms with van der Waals surface area (Å²) in [5.41, 5.74) is 1.48. The zero-order chi connectivity index (χ0) is 20.9. The number of thioether (sulfide) groups is 1. The van der Waals surface area contributed by atoms with Crippen molar-refractivity contribution in [1.29, 1.82) is 0 Å². The molecule has 0 unspecified atom stereocenters. The van der Waals surface area contributed by atoms with E-state index in [1.54, 1.807) is 16.7 Å². The molecule has 0 saturated heterocycles. The van der Waals surface area contributed by atoms with E-state index in [0.29, 0.717) is 45.1 Å². The minimum absolute atomic E-state index is 0.00986. The molecule has 2 aromatic carbocycles. The Balaban J connectivity index is 1.59. The van der Waals surface area contributed by atoms with Crippen molar-refractivity contribution in [2.45, 2.75) is 43.6 Å². The molecule has 30 heavy (non-hydrogen) atoms. The molecule has 4 aromatic rings. The van der Waals surface area contributed by atoms with Gasteiger partial charge in [0, 0.05) is 17.1 Å². The van der Waals surface area contributed by atoms with Gasteiger partial charge >= 0.3 is 0 Å². The van der Waals surface area contributed by atoms with Gasteiger partial charge in [-0.3, -0.25) is 9.36 Å². The molecule has 0 fully saturated rings. The van der Waals surface area contributed by atoms with E-state index in [0.717, 1.165) is 24.8 Å². The average Bonchev–Trinajstić information content (AvgIpc) is 3.23.